The van der Waals surface area contributed by atoms with E-state index in [1.165, 1.54) is 0 Å². The normalized spacial score (nSPS) is 24.2. The number of carboxylic acids is 1. The lowest BCUT2D eigenvalue weighted by molar-refractivity contribution is -0.149. The van der Waals surface area contributed by atoms with Gasteiger partial charge in [0.15, 0.2) is 0 Å². The number of carbonyl (C=O) groups is 2. The van der Waals surface area contributed by atoms with Crippen LogP contribution < -0.4 is 5.32 Å². The number of aromatic nitrogens is 2. The first kappa shape index (κ1) is 18.7. The second-order valence-electron chi connectivity index (χ2n) is 7.95. The Labute approximate surface area is 164 Å². The Bertz CT molecular complexity index is 850. The van der Waals surface area contributed by atoms with E-state index >= 15 is 0 Å². The first-order valence-electron chi connectivity index (χ1n) is 9.88. The minimum absolute atomic E-state index is 0.0454. The van der Waals surface area contributed by atoms with Crippen LogP contribution in [0.2, 0.25) is 0 Å². The number of hydrogen-bond acceptors (Lipinski definition) is 4. The molecule has 2 fully saturated rings. The molecule has 2 atom stereocenters. The van der Waals surface area contributed by atoms with Crippen molar-refractivity contribution in [2.24, 2.45) is 11.3 Å². The van der Waals surface area contributed by atoms with E-state index in [4.69, 9.17) is 0 Å². The molecule has 28 heavy (non-hydrogen) atoms. The summed E-state index contributed by atoms with van der Waals surface area (Å²) in [7, 11) is 0. The number of carbonyl (C=O) groups excluding carboxylic acids is 1. The lowest BCUT2D eigenvalue weighted by atomic mass is 9.81. The summed E-state index contributed by atoms with van der Waals surface area (Å²) in [6.45, 7) is 2.02. The third-order valence-corrected chi connectivity index (χ3v) is 6.13. The van der Waals surface area contributed by atoms with E-state index in [1.807, 2.05) is 52.3 Å². The first-order chi connectivity index (χ1) is 13.6. The molecule has 4 rings (SSSR count). The van der Waals surface area contributed by atoms with Crippen LogP contribution >= 0.6 is 0 Å². The zero-order chi connectivity index (χ0) is 19.6. The molecular weight excluding hydrogens is 356 g/mol. The molecule has 1 amide bonds. The van der Waals surface area contributed by atoms with Crippen molar-refractivity contribution < 1.29 is 14.7 Å². The Hall–Kier alpha value is -2.67. The predicted molar refractivity (Wildman–Crippen MR) is 104 cm³/mol. The van der Waals surface area contributed by atoms with Crippen LogP contribution in [-0.2, 0) is 16.0 Å². The molecule has 1 aromatic heterocycles. The summed E-state index contributed by atoms with van der Waals surface area (Å²) >= 11 is 0. The third-order valence-electron chi connectivity index (χ3n) is 6.13. The highest BCUT2D eigenvalue weighted by Crippen LogP contribution is 2.48. The maximum Gasteiger partial charge on any atom is 0.311 e. The summed E-state index contributed by atoms with van der Waals surface area (Å²) in [6.07, 6.45) is 7.16. The Kier molecular flexibility index (Phi) is 5.17. The summed E-state index contributed by atoms with van der Waals surface area (Å²) < 4.78 is 1.82. The van der Waals surface area contributed by atoms with Gasteiger partial charge in [0.05, 0.1) is 23.8 Å². The molecule has 0 bridgehead atoms. The number of rotatable bonds is 7. The molecule has 1 saturated heterocycles. The van der Waals surface area contributed by atoms with Crippen molar-refractivity contribution in [2.45, 2.75) is 25.7 Å². The third kappa shape index (κ3) is 3.67. The number of aliphatic carboxylic acids is 1. The van der Waals surface area contributed by atoms with Crippen molar-refractivity contribution in [3.63, 3.8) is 0 Å². The number of amides is 1. The molecule has 2 N–H and O–H groups in total. The van der Waals surface area contributed by atoms with Gasteiger partial charge >= 0.3 is 5.97 Å². The Morgan fingerprint density at radius 1 is 1.29 bits per heavy atom. The number of likely N-dealkylation sites (tertiary alicyclic amines) is 1. The van der Waals surface area contributed by atoms with Crippen LogP contribution in [0.25, 0.3) is 5.69 Å². The molecule has 7 heteroatoms. The molecule has 7 nitrogen and oxygen atoms in total. The van der Waals surface area contributed by atoms with Crippen molar-refractivity contribution in [3.05, 3.63) is 48.3 Å². The smallest absolute Gasteiger partial charge is 0.311 e. The maximum atomic E-state index is 12.3. The summed E-state index contributed by atoms with van der Waals surface area (Å²) in [5, 5.41) is 17.0. The second-order valence-corrected chi connectivity index (χ2v) is 7.95. The van der Waals surface area contributed by atoms with Gasteiger partial charge in [0.25, 0.3) is 0 Å². The maximum absolute atomic E-state index is 12.3. The zero-order valence-corrected chi connectivity index (χ0v) is 15.9. The number of benzene rings is 1. The van der Waals surface area contributed by atoms with Crippen LogP contribution in [0.4, 0.5) is 0 Å². The molecule has 1 aliphatic heterocycles. The number of nitrogens with zero attached hydrogens (tertiary/aromatic N) is 3. The monoisotopic (exact) mass is 382 g/mol. The van der Waals surface area contributed by atoms with Crippen molar-refractivity contribution in [2.75, 3.05) is 26.2 Å². The van der Waals surface area contributed by atoms with Gasteiger partial charge < -0.3 is 10.4 Å². The molecule has 2 aromatic rings. The molecule has 0 unspecified atom stereocenters. The highest BCUT2D eigenvalue weighted by Gasteiger charge is 2.54. The zero-order valence-electron chi connectivity index (χ0n) is 15.9. The van der Waals surface area contributed by atoms with E-state index in [9.17, 15) is 14.7 Å². The molecule has 1 aliphatic carbocycles. The lowest BCUT2D eigenvalue weighted by Gasteiger charge is -2.23. The molecule has 1 saturated carbocycles. The fourth-order valence-electron chi connectivity index (χ4n) is 4.68. The Balaban J connectivity index is 1.24. The van der Waals surface area contributed by atoms with Gasteiger partial charge in [0.1, 0.15) is 0 Å². The fraction of sp³-hybridized carbons (Fsp3) is 0.476. The van der Waals surface area contributed by atoms with E-state index in [1.54, 1.807) is 0 Å². The molecule has 2 aliphatic rings. The van der Waals surface area contributed by atoms with Crippen molar-refractivity contribution in [1.29, 1.82) is 0 Å². The Morgan fingerprint density at radius 3 is 2.86 bits per heavy atom. The van der Waals surface area contributed by atoms with Crippen LogP contribution in [0, 0.1) is 11.3 Å². The number of carboxylic acid groups (broad SMARTS) is 1. The average Bonchev–Trinajstić information content (AvgIpc) is 3.37. The highest BCUT2D eigenvalue weighted by molar-refractivity contribution is 5.79. The van der Waals surface area contributed by atoms with Crippen LogP contribution in [0.15, 0.2) is 42.7 Å². The van der Waals surface area contributed by atoms with Gasteiger partial charge in [0.2, 0.25) is 5.91 Å². The molecule has 148 valence electrons. The SMILES string of the molecule is O=C(CN1C[C@@H]2CCC[C@@]2(C(=O)O)C1)NCCc1cnn(-c2ccccc2)c1. The highest BCUT2D eigenvalue weighted by atomic mass is 16.4. The van der Waals surface area contributed by atoms with E-state index in [2.05, 4.69) is 10.4 Å². The average molecular weight is 382 g/mol. The quantitative estimate of drug-likeness (QED) is 0.761. The number of hydrogen-bond donors (Lipinski definition) is 2. The summed E-state index contributed by atoms with van der Waals surface area (Å²) in [5.74, 6) is -0.564. The molecule has 0 spiro atoms. The predicted octanol–water partition coefficient (Wildman–Crippen LogP) is 1.72. The summed E-state index contributed by atoms with van der Waals surface area (Å²) in [6, 6.07) is 9.90. The minimum atomic E-state index is -0.701. The van der Waals surface area contributed by atoms with Crippen LogP contribution in [0.5, 0.6) is 0 Å². The van der Waals surface area contributed by atoms with Crippen LogP contribution in [0.1, 0.15) is 24.8 Å². The minimum Gasteiger partial charge on any atom is -0.481 e. The van der Waals surface area contributed by atoms with Gasteiger partial charge in [-0.2, -0.15) is 5.10 Å². The van der Waals surface area contributed by atoms with Crippen LogP contribution in [0.3, 0.4) is 0 Å². The number of fused-ring (bicyclic) bond motifs is 1. The fourth-order valence-corrected chi connectivity index (χ4v) is 4.68. The van der Waals surface area contributed by atoms with E-state index in [0.717, 1.165) is 30.5 Å². The number of nitrogens with one attached hydrogen (secondary N) is 1. The van der Waals surface area contributed by atoms with Gasteiger partial charge in [-0.05, 0) is 42.9 Å². The molecule has 1 aromatic carbocycles. The summed E-state index contributed by atoms with van der Waals surface area (Å²) in [4.78, 5) is 26.0. The van der Waals surface area contributed by atoms with Crippen molar-refractivity contribution in [1.82, 2.24) is 20.0 Å². The van der Waals surface area contributed by atoms with Gasteiger partial charge in [-0.15, -0.1) is 0 Å². The molecule has 2 heterocycles. The van der Waals surface area contributed by atoms with Gasteiger partial charge in [-0.1, -0.05) is 24.6 Å². The molecule has 0 radical (unpaired) electrons. The summed E-state index contributed by atoms with van der Waals surface area (Å²) in [5.41, 5.74) is 1.43. The standard InChI is InChI=1S/C21H26N4O3/c26-19(14-24-13-17-5-4-9-21(17,15-24)20(27)28)22-10-8-16-11-23-25(12-16)18-6-2-1-3-7-18/h1-3,6-7,11-12,17H,4-5,8-10,13-15H2,(H,22,26)(H,27,28)/t17-,21+/m0/s1. The van der Waals surface area contributed by atoms with Gasteiger partial charge in [-0.25, -0.2) is 4.68 Å². The van der Waals surface area contributed by atoms with E-state index < -0.39 is 11.4 Å². The molecular formula is C21H26N4O3. The van der Waals surface area contributed by atoms with Crippen molar-refractivity contribution in [3.8, 4) is 5.69 Å². The van der Waals surface area contributed by atoms with Gasteiger partial charge in [0, 0.05) is 25.8 Å². The largest absolute Gasteiger partial charge is 0.481 e. The van der Waals surface area contributed by atoms with E-state index in [-0.39, 0.29) is 18.4 Å². The number of para-hydroxylation sites is 1. The lowest BCUT2D eigenvalue weighted by Crippen LogP contribution is -2.39. The Morgan fingerprint density at radius 2 is 2.11 bits per heavy atom. The van der Waals surface area contributed by atoms with Crippen LogP contribution in [-0.4, -0.2) is 57.8 Å². The van der Waals surface area contributed by atoms with E-state index in [0.29, 0.717) is 26.1 Å². The van der Waals surface area contributed by atoms with Crippen molar-refractivity contribution >= 4 is 11.9 Å². The van der Waals surface area contributed by atoms with Gasteiger partial charge in [-0.3, -0.25) is 14.5 Å². The first-order valence-corrected chi connectivity index (χ1v) is 9.88. The topological polar surface area (TPSA) is 87.5 Å². The second kappa shape index (κ2) is 7.75.